The first-order valence-electron chi connectivity index (χ1n) is 6.65. The SMILES string of the molecule is C[C@@H](O)c1ccc(F)cc1OCC1CCC(C)(C)O1. The molecule has 1 fully saturated rings. The summed E-state index contributed by atoms with van der Waals surface area (Å²) in [5.41, 5.74) is 0.488. The molecule has 1 heterocycles. The zero-order chi connectivity index (χ0) is 14.0. The maximum absolute atomic E-state index is 13.2. The lowest BCUT2D eigenvalue weighted by Gasteiger charge is -2.20. The minimum absolute atomic E-state index is 0.0279. The van der Waals surface area contributed by atoms with Crippen LogP contribution in [0.15, 0.2) is 18.2 Å². The van der Waals surface area contributed by atoms with Gasteiger partial charge >= 0.3 is 0 Å². The van der Waals surface area contributed by atoms with Crippen molar-refractivity contribution < 1.29 is 19.0 Å². The standard InChI is InChI=1S/C15H21FO3/c1-10(17)13-5-4-11(16)8-14(13)18-9-12-6-7-15(2,3)19-12/h4-5,8,10,12,17H,6-7,9H2,1-3H3/t10-,12?/m1/s1. The molecule has 2 rings (SSSR count). The first-order valence-corrected chi connectivity index (χ1v) is 6.65. The van der Waals surface area contributed by atoms with E-state index >= 15 is 0 Å². The molecule has 1 unspecified atom stereocenters. The van der Waals surface area contributed by atoms with Gasteiger partial charge in [0.25, 0.3) is 0 Å². The smallest absolute Gasteiger partial charge is 0.128 e. The van der Waals surface area contributed by atoms with Gasteiger partial charge in [-0.15, -0.1) is 0 Å². The Labute approximate surface area is 113 Å². The lowest BCUT2D eigenvalue weighted by atomic mass is 10.1. The number of benzene rings is 1. The molecule has 2 atom stereocenters. The van der Waals surface area contributed by atoms with Crippen LogP contribution in [-0.4, -0.2) is 23.4 Å². The van der Waals surface area contributed by atoms with E-state index in [0.717, 1.165) is 12.8 Å². The van der Waals surface area contributed by atoms with Gasteiger partial charge in [-0.25, -0.2) is 4.39 Å². The fourth-order valence-electron chi connectivity index (χ4n) is 2.36. The third-order valence-electron chi connectivity index (χ3n) is 3.40. The first-order chi connectivity index (χ1) is 8.87. The van der Waals surface area contributed by atoms with Crippen LogP contribution in [0.3, 0.4) is 0 Å². The molecule has 1 saturated heterocycles. The lowest BCUT2D eigenvalue weighted by Crippen LogP contribution is -2.24. The molecule has 0 aliphatic carbocycles. The summed E-state index contributed by atoms with van der Waals surface area (Å²) in [6.45, 7) is 6.12. The number of aliphatic hydroxyl groups is 1. The summed E-state index contributed by atoms with van der Waals surface area (Å²) in [6, 6.07) is 4.18. The van der Waals surface area contributed by atoms with E-state index in [-0.39, 0.29) is 17.5 Å². The van der Waals surface area contributed by atoms with Gasteiger partial charge < -0.3 is 14.6 Å². The average molecular weight is 268 g/mol. The molecular formula is C15H21FO3. The van der Waals surface area contributed by atoms with Crippen molar-refractivity contribution in [2.24, 2.45) is 0 Å². The number of halogens is 1. The summed E-state index contributed by atoms with van der Waals surface area (Å²) >= 11 is 0. The Morgan fingerprint density at radius 3 is 2.84 bits per heavy atom. The Bertz CT molecular complexity index is 443. The van der Waals surface area contributed by atoms with Crippen LogP contribution in [0.4, 0.5) is 4.39 Å². The Morgan fingerprint density at radius 1 is 1.53 bits per heavy atom. The predicted molar refractivity (Wildman–Crippen MR) is 70.7 cm³/mol. The molecule has 0 spiro atoms. The van der Waals surface area contributed by atoms with Crippen molar-refractivity contribution in [1.29, 1.82) is 0 Å². The average Bonchev–Trinajstić information content (AvgIpc) is 2.66. The Balaban J connectivity index is 2.01. The van der Waals surface area contributed by atoms with Crippen LogP contribution in [0.25, 0.3) is 0 Å². The molecule has 0 bridgehead atoms. The van der Waals surface area contributed by atoms with Gasteiger partial charge in [-0.2, -0.15) is 0 Å². The van der Waals surface area contributed by atoms with Crippen LogP contribution < -0.4 is 4.74 Å². The van der Waals surface area contributed by atoms with E-state index in [9.17, 15) is 9.50 Å². The summed E-state index contributed by atoms with van der Waals surface area (Å²) in [6.07, 6.45) is 1.27. The summed E-state index contributed by atoms with van der Waals surface area (Å²) in [5.74, 6) is 0.0235. The van der Waals surface area contributed by atoms with E-state index in [0.29, 0.717) is 17.9 Å². The van der Waals surface area contributed by atoms with Crippen LogP contribution in [0.5, 0.6) is 5.75 Å². The largest absolute Gasteiger partial charge is 0.490 e. The van der Waals surface area contributed by atoms with Gasteiger partial charge in [0, 0.05) is 11.6 Å². The maximum atomic E-state index is 13.2. The third-order valence-corrected chi connectivity index (χ3v) is 3.40. The number of hydrogen-bond acceptors (Lipinski definition) is 3. The van der Waals surface area contributed by atoms with Crippen LogP contribution in [0.1, 0.15) is 45.3 Å². The first kappa shape index (κ1) is 14.3. The summed E-state index contributed by atoms with van der Waals surface area (Å²) < 4.78 is 24.7. The highest BCUT2D eigenvalue weighted by molar-refractivity contribution is 5.35. The molecule has 1 aliphatic rings. The molecule has 1 N–H and O–H groups in total. The van der Waals surface area contributed by atoms with E-state index in [4.69, 9.17) is 9.47 Å². The van der Waals surface area contributed by atoms with Gasteiger partial charge in [-0.1, -0.05) is 0 Å². The van der Waals surface area contributed by atoms with Crippen LogP contribution >= 0.6 is 0 Å². The molecule has 106 valence electrons. The molecule has 0 amide bonds. The third kappa shape index (κ3) is 3.67. The molecule has 3 nitrogen and oxygen atoms in total. The molecule has 1 aromatic rings. The van der Waals surface area contributed by atoms with Gasteiger partial charge in [-0.3, -0.25) is 0 Å². The zero-order valence-corrected chi connectivity index (χ0v) is 11.6. The number of aliphatic hydroxyl groups excluding tert-OH is 1. The Kier molecular flexibility index (Phi) is 4.11. The highest BCUT2D eigenvalue weighted by Crippen LogP contribution is 2.31. The van der Waals surface area contributed by atoms with E-state index in [1.165, 1.54) is 12.1 Å². The fourth-order valence-corrected chi connectivity index (χ4v) is 2.36. The van der Waals surface area contributed by atoms with Crippen LogP contribution in [0.2, 0.25) is 0 Å². The van der Waals surface area contributed by atoms with Crippen molar-refractivity contribution >= 4 is 0 Å². The van der Waals surface area contributed by atoms with Gasteiger partial charge in [0.05, 0.1) is 17.8 Å². The van der Waals surface area contributed by atoms with Gasteiger partial charge in [0.2, 0.25) is 0 Å². The summed E-state index contributed by atoms with van der Waals surface area (Å²) in [5, 5.41) is 9.64. The highest BCUT2D eigenvalue weighted by Gasteiger charge is 2.32. The number of rotatable bonds is 4. The van der Waals surface area contributed by atoms with Crippen molar-refractivity contribution in [1.82, 2.24) is 0 Å². The monoisotopic (exact) mass is 268 g/mol. The topological polar surface area (TPSA) is 38.7 Å². The molecule has 4 heteroatoms. The van der Waals surface area contributed by atoms with E-state index in [1.54, 1.807) is 13.0 Å². The van der Waals surface area contributed by atoms with Crippen molar-refractivity contribution in [3.8, 4) is 5.75 Å². The lowest BCUT2D eigenvalue weighted by molar-refractivity contribution is -0.0330. The maximum Gasteiger partial charge on any atom is 0.128 e. The molecule has 0 saturated carbocycles. The summed E-state index contributed by atoms with van der Waals surface area (Å²) in [7, 11) is 0. The number of ether oxygens (including phenoxy) is 2. The van der Waals surface area contributed by atoms with E-state index < -0.39 is 6.10 Å². The van der Waals surface area contributed by atoms with Crippen LogP contribution in [-0.2, 0) is 4.74 Å². The predicted octanol–water partition coefficient (Wildman–Crippen LogP) is 3.22. The minimum Gasteiger partial charge on any atom is -0.490 e. The van der Waals surface area contributed by atoms with E-state index in [2.05, 4.69) is 13.8 Å². The fraction of sp³-hybridized carbons (Fsp3) is 0.600. The second-order valence-electron chi connectivity index (χ2n) is 5.71. The zero-order valence-electron chi connectivity index (χ0n) is 11.6. The Hall–Kier alpha value is -1.13. The second-order valence-corrected chi connectivity index (χ2v) is 5.71. The van der Waals surface area contributed by atoms with Gasteiger partial charge in [0.1, 0.15) is 18.2 Å². The van der Waals surface area contributed by atoms with Crippen molar-refractivity contribution in [2.45, 2.75) is 51.4 Å². The second kappa shape index (κ2) is 5.47. The van der Waals surface area contributed by atoms with Crippen molar-refractivity contribution in [3.05, 3.63) is 29.6 Å². The minimum atomic E-state index is -0.684. The van der Waals surface area contributed by atoms with Crippen LogP contribution in [0, 0.1) is 5.82 Å². The van der Waals surface area contributed by atoms with Crippen molar-refractivity contribution in [3.63, 3.8) is 0 Å². The number of hydrogen-bond donors (Lipinski definition) is 1. The normalized spacial score (nSPS) is 23.3. The van der Waals surface area contributed by atoms with Gasteiger partial charge in [-0.05, 0) is 45.7 Å². The summed E-state index contributed by atoms with van der Waals surface area (Å²) in [4.78, 5) is 0. The molecule has 0 aromatic heterocycles. The van der Waals surface area contributed by atoms with Gasteiger partial charge in [0.15, 0.2) is 0 Å². The molecular weight excluding hydrogens is 247 g/mol. The molecule has 0 radical (unpaired) electrons. The molecule has 19 heavy (non-hydrogen) atoms. The Morgan fingerprint density at radius 2 is 2.26 bits per heavy atom. The van der Waals surface area contributed by atoms with E-state index in [1.807, 2.05) is 0 Å². The molecule has 1 aliphatic heterocycles. The van der Waals surface area contributed by atoms with Crippen molar-refractivity contribution in [2.75, 3.05) is 6.61 Å². The molecule has 1 aromatic carbocycles. The quantitative estimate of drug-likeness (QED) is 0.911. The highest BCUT2D eigenvalue weighted by atomic mass is 19.1.